The number of hydrogen-bond donors (Lipinski definition) is 2. The van der Waals surface area contributed by atoms with Gasteiger partial charge >= 0.3 is 5.97 Å². The second-order valence-corrected chi connectivity index (χ2v) is 10.1. The first kappa shape index (κ1) is 25.0. The molecule has 0 unspecified atom stereocenters. The average Bonchev–Trinajstić information content (AvgIpc) is 3.36. The van der Waals surface area contributed by atoms with Gasteiger partial charge in [0, 0.05) is 30.7 Å². The zero-order valence-electron chi connectivity index (χ0n) is 20.1. The third kappa shape index (κ3) is 6.31. The fraction of sp³-hybridized carbons (Fsp3) is 0.462. The molecule has 0 spiro atoms. The quantitative estimate of drug-likeness (QED) is 0.315. The van der Waals surface area contributed by atoms with Gasteiger partial charge in [-0.05, 0) is 55.7 Å². The van der Waals surface area contributed by atoms with Crippen LogP contribution in [0.4, 0.5) is 5.69 Å². The van der Waals surface area contributed by atoms with Crippen LogP contribution in [0.5, 0.6) is 0 Å². The summed E-state index contributed by atoms with van der Waals surface area (Å²) in [4.78, 5) is 28.7. The van der Waals surface area contributed by atoms with E-state index in [4.69, 9.17) is 20.5 Å². The number of nitrogens with one attached hydrogen (secondary N) is 1. The van der Waals surface area contributed by atoms with Crippen molar-refractivity contribution in [3.63, 3.8) is 0 Å². The number of aromatic nitrogens is 2. The molecule has 1 atom stereocenters. The Kier molecular flexibility index (Phi) is 7.60. The van der Waals surface area contributed by atoms with E-state index < -0.39 is 11.9 Å². The number of rotatable bonds is 11. The van der Waals surface area contributed by atoms with Crippen LogP contribution in [0, 0.1) is 12.8 Å². The maximum Gasteiger partial charge on any atom is 0.303 e. The van der Waals surface area contributed by atoms with Crippen LogP contribution in [-0.2, 0) is 16.0 Å². The lowest BCUT2D eigenvalue weighted by atomic mass is 9.90. The third-order valence-corrected chi connectivity index (χ3v) is 6.34. The molecule has 1 amide bonds. The zero-order valence-corrected chi connectivity index (χ0v) is 20.9. The Morgan fingerprint density at radius 2 is 2.06 bits per heavy atom. The topological polar surface area (TPSA) is 118 Å². The lowest BCUT2D eigenvalue weighted by Crippen LogP contribution is -2.17. The fourth-order valence-corrected chi connectivity index (χ4v) is 4.50. The summed E-state index contributed by atoms with van der Waals surface area (Å²) in [6.45, 7) is 6.12. The lowest BCUT2D eigenvalue weighted by molar-refractivity contribution is -0.137. The monoisotopic (exact) mass is 499 g/mol. The minimum Gasteiger partial charge on any atom is -0.481 e. The Hall–Kier alpha value is -3.13. The van der Waals surface area contributed by atoms with Crippen molar-refractivity contribution < 1.29 is 23.6 Å². The fourth-order valence-electron chi connectivity index (χ4n) is 4.21. The van der Waals surface area contributed by atoms with Gasteiger partial charge in [-0.25, -0.2) is 4.98 Å². The smallest absolute Gasteiger partial charge is 0.303 e. The van der Waals surface area contributed by atoms with Crippen LogP contribution in [0.1, 0.15) is 80.4 Å². The molecule has 4 rings (SSSR count). The highest BCUT2D eigenvalue weighted by molar-refractivity contribution is 6.33. The molecular formula is C26H30ClN3O5. The van der Waals surface area contributed by atoms with Crippen LogP contribution >= 0.6 is 11.6 Å². The molecular weight excluding hydrogens is 470 g/mol. The van der Waals surface area contributed by atoms with Crippen molar-refractivity contribution in [2.24, 2.45) is 5.92 Å². The second-order valence-electron chi connectivity index (χ2n) is 9.68. The minimum absolute atomic E-state index is 0.0490. The van der Waals surface area contributed by atoms with Gasteiger partial charge in [0.25, 0.3) is 5.89 Å². The number of benzene rings is 1. The Morgan fingerprint density at radius 1 is 1.29 bits per heavy atom. The van der Waals surface area contributed by atoms with Crippen molar-refractivity contribution in [1.29, 1.82) is 0 Å². The molecule has 1 fully saturated rings. The molecule has 0 bridgehead atoms. The van der Waals surface area contributed by atoms with Crippen LogP contribution in [0.25, 0.3) is 11.7 Å². The number of amides is 1. The van der Waals surface area contributed by atoms with Gasteiger partial charge in [-0.15, -0.1) is 0 Å². The average molecular weight is 500 g/mol. The van der Waals surface area contributed by atoms with Crippen LogP contribution < -0.4 is 5.32 Å². The number of anilines is 1. The maximum atomic E-state index is 13.0. The van der Waals surface area contributed by atoms with E-state index in [9.17, 15) is 14.7 Å². The molecule has 2 N–H and O–H groups in total. The minimum atomic E-state index is -0.931. The molecule has 0 aliphatic heterocycles. The predicted molar refractivity (Wildman–Crippen MR) is 132 cm³/mol. The van der Waals surface area contributed by atoms with Crippen molar-refractivity contribution >= 4 is 29.2 Å². The molecule has 8 nitrogen and oxygen atoms in total. The van der Waals surface area contributed by atoms with Gasteiger partial charge in [0.15, 0.2) is 0 Å². The SMILES string of the molecule is Cc1ccc(NC(=O)C[C@H](CCC(=O)O)c2noc(-c3ncc(CC(C)C)o3)c2C2CC2)c(Cl)c1. The molecule has 1 aromatic carbocycles. The number of hydrogen-bond acceptors (Lipinski definition) is 6. The highest BCUT2D eigenvalue weighted by Gasteiger charge is 2.37. The normalized spacial score (nSPS) is 14.3. The number of aliphatic carboxylic acids is 1. The summed E-state index contributed by atoms with van der Waals surface area (Å²) in [6.07, 6.45) is 4.61. The van der Waals surface area contributed by atoms with Crippen molar-refractivity contribution in [3.05, 3.63) is 52.0 Å². The van der Waals surface area contributed by atoms with E-state index in [2.05, 4.69) is 29.3 Å². The number of aryl methyl sites for hydroxylation is 1. The Balaban J connectivity index is 1.60. The van der Waals surface area contributed by atoms with Crippen LogP contribution in [0.3, 0.4) is 0 Å². The number of nitrogens with zero attached hydrogens (tertiary/aromatic N) is 2. The highest BCUT2D eigenvalue weighted by Crippen LogP contribution is 2.48. The van der Waals surface area contributed by atoms with Crippen molar-refractivity contribution in [3.8, 4) is 11.7 Å². The van der Waals surface area contributed by atoms with Crippen molar-refractivity contribution in [2.75, 3.05) is 5.32 Å². The Labute approximate surface area is 209 Å². The molecule has 2 aromatic heterocycles. The molecule has 9 heteroatoms. The lowest BCUT2D eigenvalue weighted by Gasteiger charge is -2.16. The molecule has 0 saturated heterocycles. The maximum absolute atomic E-state index is 13.0. The molecule has 0 radical (unpaired) electrons. The Morgan fingerprint density at radius 3 is 2.71 bits per heavy atom. The van der Waals surface area contributed by atoms with Gasteiger partial charge in [0.1, 0.15) is 5.76 Å². The molecule has 35 heavy (non-hydrogen) atoms. The Bertz CT molecular complexity index is 1210. The van der Waals surface area contributed by atoms with Crippen LogP contribution in [-0.4, -0.2) is 27.1 Å². The molecule has 1 saturated carbocycles. The van der Waals surface area contributed by atoms with Crippen molar-refractivity contribution in [2.45, 2.75) is 71.1 Å². The number of oxazole rings is 1. The highest BCUT2D eigenvalue weighted by atomic mass is 35.5. The van der Waals surface area contributed by atoms with Gasteiger partial charge in [0.2, 0.25) is 11.7 Å². The summed E-state index contributed by atoms with van der Waals surface area (Å²) >= 11 is 6.27. The number of carboxylic acids is 1. The molecule has 1 aliphatic rings. The van der Waals surface area contributed by atoms with Gasteiger partial charge in [-0.1, -0.05) is 36.7 Å². The van der Waals surface area contributed by atoms with Crippen molar-refractivity contribution in [1.82, 2.24) is 10.1 Å². The summed E-state index contributed by atoms with van der Waals surface area (Å²) in [5, 5.41) is 16.9. The first-order valence-electron chi connectivity index (χ1n) is 11.9. The number of carboxylic acid groups (broad SMARTS) is 1. The van der Waals surface area contributed by atoms with E-state index in [1.807, 2.05) is 13.0 Å². The molecule has 1 aliphatic carbocycles. The van der Waals surface area contributed by atoms with Crippen LogP contribution in [0.15, 0.2) is 33.3 Å². The van der Waals surface area contributed by atoms with E-state index in [0.717, 1.165) is 36.1 Å². The van der Waals surface area contributed by atoms with E-state index in [-0.39, 0.29) is 31.1 Å². The standard InChI is InChI=1S/C26H30ClN3O5/c1-14(2)10-18-13-28-26(34-18)25-23(16-5-6-16)24(30-35-25)17(7-9-22(32)33)12-21(31)29-20-8-4-15(3)11-19(20)27/h4,8,11,13-14,16-17H,5-7,9-10,12H2,1-3H3,(H,29,31)(H,32,33)/t17-/m0/s1. The first-order valence-corrected chi connectivity index (χ1v) is 12.3. The molecule has 186 valence electrons. The summed E-state index contributed by atoms with van der Waals surface area (Å²) in [7, 11) is 0. The second kappa shape index (κ2) is 10.6. The van der Waals surface area contributed by atoms with E-state index in [0.29, 0.717) is 34.0 Å². The summed E-state index contributed by atoms with van der Waals surface area (Å²) in [5.74, 6) is 0.625. The van der Waals surface area contributed by atoms with Crippen LogP contribution in [0.2, 0.25) is 5.02 Å². The van der Waals surface area contributed by atoms with E-state index in [1.54, 1.807) is 18.3 Å². The predicted octanol–water partition coefficient (Wildman–Crippen LogP) is 6.34. The van der Waals surface area contributed by atoms with Gasteiger partial charge in [-0.2, -0.15) is 0 Å². The number of carbonyl (C=O) groups excluding carboxylic acids is 1. The summed E-state index contributed by atoms with van der Waals surface area (Å²) in [5.41, 5.74) is 2.98. The molecule has 2 heterocycles. The zero-order chi connectivity index (χ0) is 25.1. The van der Waals surface area contributed by atoms with E-state index >= 15 is 0 Å². The van der Waals surface area contributed by atoms with E-state index in [1.165, 1.54) is 0 Å². The van der Waals surface area contributed by atoms with Gasteiger partial charge < -0.3 is 19.4 Å². The number of halogens is 1. The third-order valence-electron chi connectivity index (χ3n) is 6.02. The molecule has 3 aromatic rings. The first-order chi connectivity index (χ1) is 16.7. The largest absolute Gasteiger partial charge is 0.481 e. The van der Waals surface area contributed by atoms with Gasteiger partial charge in [-0.3, -0.25) is 9.59 Å². The van der Waals surface area contributed by atoms with Gasteiger partial charge in [0.05, 0.1) is 22.6 Å². The summed E-state index contributed by atoms with van der Waals surface area (Å²) in [6, 6.07) is 5.39. The summed E-state index contributed by atoms with van der Waals surface area (Å²) < 4.78 is 11.7. The number of carbonyl (C=O) groups is 2.